The number of benzene rings is 2. The number of methoxy groups -OCH3 is 1. The van der Waals surface area contributed by atoms with E-state index in [1.807, 2.05) is 49.1 Å². The average Bonchev–Trinajstić information content (AvgIpc) is 3.29. The van der Waals surface area contributed by atoms with Gasteiger partial charge in [0.2, 0.25) is 5.91 Å². The number of rotatable bonds is 4. The van der Waals surface area contributed by atoms with Crippen molar-refractivity contribution < 1.29 is 23.8 Å². The predicted octanol–water partition coefficient (Wildman–Crippen LogP) is 5.71. The maximum Gasteiger partial charge on any atom is 0.341 e. The molecule has 0 radical (unpaired) electrons. The third kappa shape index (κ3) is 4.17. The molecule has 7 nitrogen and oxygen atoms in total. The zero-order valence-corrected chi connectivity index (χ0v) is 22.4. The number of aromatic nitrogens is 1. The summed E-state index contributed by atoms with van der Waals surface area (Å²) in [6.45, 7) is 5.28. The highest BCUT2D eigenvalue weighted by Gasteiger charge is 2.40. The third-order valence-electron chi connectivity index (χ3n) is 8.34. The van der Waals surface area contributed by atoms with Gasteiger partial charge in [-0.05, 0) is 49.8 Å². The SMILES string of the molecule is COC(=O)c1ccc2c(C3CCCCC3)c(-c3ccccc3)n3c2c1OCC3C(=O)N1C[C@@H](C)O[C@@H](C)C1. The largest absolute Gasteiger partial charge is 0.488 e. The van der Waals surface area contributed by atoms with E-state index in [1.54, 1.807) is 0 Å². The summed E-state index contributed by atoms with van der Waals surface area (Å²) in [6, 6.07) is 13.7. The lowest BCUT2D eigenvalue weighted by atomic mass is 9.81. The highest BCUT2D eigenvalue weighted by atomic mass is 16.5. The van der Waals surface area contributed by atoms with Crippen LogP contribution in [-0.4, -0.2) is 60.4 Å². The summed E-state index contributed by atoms with van der Waals surface area (Å²) in [5.74, 6) is 0.499. The fourth-order valence-corrected chi connectivity index (χ4v) is 6.81. The molecule has 0 bridgehead atoms. The van der Waals surface area contributed by atoms with Crippen molar-refractivity contribution in [3.05, 3.63) is 53.6 Å². The summed E-state index contributed by atoms with van der Waals surface area (Å²) < 4.78 is 19.5. The number of hydrogen-bond acceptors (Lipinski definition) is 5. The van der Waals surface area contributed by atoms with Crippen LogP contribution in [0.4, 0.5) is 0 Å². The topological polar surface area (TPSA) is 70.0 Å². The van der Waals surface area contributed by atoms with Gasteiger partial charge in [0.1, 0.15) is 18.2 Å². The van der Waals surface area contributed by atoms with Gasteiger partial charge in [0, 0.05) is 18.5 Å². The Balaban J connectivity index is 1.61. The van der Waals surface area contributed by atoms with Gasteiger partial charge < -0.3 is 23.7 Å². The van der Waals surface area contributed by atoms with Gasteiger partial charge in [-0.3, -0.25) is 4.79 Å². The van der Waals surface area contributed by atoms with Gasteiger partial charge in [-0.1, -0.05) is 55.7 Å². The number of carbonyl (C=O) groups excluding carboxylic acids is 2. The molecule has 1 aliphatic carbocycles. The van der Waals surface area contributed by atoms with Crippen molar-refractivity contribution in [3.8, 4) is 17.0 Å². The Morgan fingerprint density at radius 3 is 2.34 bits per heavy atom. The summed E-state index contributed by atoms with van der Waals surface area (Å²) in [5.41, 5.74) is 4.65. The van der Waals surface area contributed by atoms with E-state index in [0.29, 0.717) is 30.3 Å². The molecule has 1 amide bonds. The van der Waals surface area contributed by atoms with Crippen molar-refractivity contribution in [3.63, 3.8) is 0 Å². The fraction of sp³-hybridized carbons (Fsp3) is 0.484. The van der Waals surface area contributed by atoms with Crippen LogP contribution < -0.4 is 4.74 Å². The van der Waals surface area contributed by atoms with Crippen LogP contribution in [0, 0.1) is 0 Å². The van der Waals surface area contributed by atoms with Gasteiger partial charge in [0.25, 0.3) is 0 Å². The van der Waals surface area contributed by atoms with Crippen LogP contribution in [0.25, 0.3) is 22.2 Å². The third-order valence-corrected chi connectivity index (χ3v) is 8.34. The highest BCUT2D eigenvalue weighted by Crippen LogP contribution is 2.50. The van der Waals surface area contributed by atoms with Gasteiger partial charge in [0.15, 0.2) is 5.75 Å². The minimum atomic E-state index is -0.539. The molecule has 3 aliphatic rings. The summed E-state index contributed by atoms with van der Waals surface area (Å²) in [7, 11) is 1.39. The Bertz CT molecular complexity index is 1350. The molecule has 0 spiro atoms. The van der Waals surface area contributed by atoms with Crippen LogP contribution in [0.1, 0.15) is 73.8 Å². The van der Waals surface area contributed by atoms with Crippen molar-refractivity contribution in [2.45, 2.75) is 70.1 Å². The molecule has 1 saturated heterocycles. The van der Waals surface area contributed by atoms with E-state index in [2.05, 4.69) is 16.7 Å². The first kappa shape index (κ1) is 25.0. The summed E-state index contributed by atoms with van der Waals surface area (Å²) in [6.07, 6.45) is 5.83. The minimum Gasteiger partial charge on any atom is -0.488 e. The lowest BCUT2D eigenvalue weighted by Gasteiger charge is -2.38. The Labute approximate surface area is 223 Å². The highest BCUT2D eigenvalue weighted by molar-refractivity contribution is 6.05. The molecule has 200 valence electrons. The van der Waals surface area contributed by atoms with Crippen LogP contribution >= 0.6 is 0 Å². The zero-order valence-electron chi connectivity index (χ0n) is 22.4. The van der Waals surface area contributed by atoms with Crippen molar-refractivity contribution in [1.29, 1.82) is 0 Å². The second-order valence-electron chi connectivity index (χ2n) is 11.0. The standard InChI is InChI=1S/C31H36N2O5/c1-19-16-32(17-20(2)38-19)30(34)25-18-37-29-24(31(35)36-3)15-14-23-26(21-10-6-4-7-11-21)27(33(25)28(23)29)22-12-8-5-9-13-22/h5,8-9,12-15,19-21,25H,4,6-7,10-11,16-18H2,1-3H3/t19-,20+,25?. The first-order valence-electron chi connectivity index (χ1n) is 13.9. The molecule has 7 heteroatoms. The maximum atomic E-state index is 14.2. The number of esters is 1. The number of carbonyl (C=O) groups is 2. The van der Waals surface area contributed by atoms with E-state index >= 15 is 0 Å². The van der Waals surface area contributed by atoms with Crippen LogP contribution in [0.5, 0.6) is 5.75 Å². The van der Waals surface area contributed by atoms with Crippen LogP contribution in [0.3, 0.4) is 0 Å². The number of amides is 1. The van der Waals surface area contributed by atoms with E-state index < -0.39 is 12.0 Å². The van der Waals surface area contributed by atoms with Gasteiger partial charge in [-0.2, -0.15) is 0 Å². The number of hydrogen-bond donors (Lipinski definition) is 0. The molecule has 6 rings (SSSR count). The maximum absolute atomic E-state index is 14.2. The molecule has 3 aromatic rings. The van der Waals surface area contributed by atoms with Crippen molar-refractivity contribution >= 4 is 22.8 Å². The zero-order chi connectivity index (χ0) is 26.4. The summed E-state index contributed by atoms with van der Waals surface area (Å²) in [5, 5.41) is 1.07. The summed E-state index contributed by atoms with van der Waals surface area (Å²) >= 11 is 0. The molecule has 0 N–H and O–H groups in total. The molecule has 38 heavy (non-hydrogen) atoms. The predicted molar refractivity (Wildman–Crippen MR) is 146 cm³/mol. The molecular formula is C31H36N2O5. The molecule has 1 saturated carbocycles. The average molecular weight is 517 g/mol. The lowest BCUT2D eigenvalue weighted by molar-refractivity contribution is -0.147. The van der Waals surface area contributed by atoms with Gasteiger partial charge in [-0.25, -0.2) is 4.79 Å². The van der Waals surface area contributed by atoms with Crippen LogP contribution in [0.2, 0.25) is 0 Å². The molecule has 2 aromatic carbocycles. The van der Waals surface area contributed by atoms with E-state index in [-0.39, 0.29) is 24.7 Å². The Hall–Kier alpha value is -3.32. The molecular weight excluding hydrogens is 480 g/mol. The van der Waals surface area contributed by atoms with Crippen molar-refractivity contribution in [2.75, 3.05) is 26.8 Å². The van der Waals surface area contributed by atoms with E-state index in [1.165, 1.54) is 31.9 Å². The minimum absolute atomic E-state index is 0.0264. The quantitative estimate of drug-likeness (QED) is 0.416. The second kappa shape index (κ2) is 10.1. The molecule has 2 aliphatic heterocycles. The normalized spacial score (nSPS) is 23.8. The van der Waals surface area contributed by atoms with Crippen molar-refractivity contribution in [2.24, 2.45) is 0 Å². The number of ether oxygens (including phenoxy) is 3. The smallest absolute Gasteiger partial charge is 0.341 e. The number of morpholine rings is 1. The van der Waals surface area contributed by atoms with Gasteiger partial charge >= 0.3 is 5.97 Å². The first-order valence-corrected chi connectivity index (χ1v) is 13.9. The van der Waals surface area contributed by atoms with Gasteiger partial charge in [-0.15, -0.1) is 0 Å². The summed E-state index contributed by atoms with van der Waals surface area (Å²) in [4.78, 5) is 28.9. The lowest BCUT2D eigenvalue weighted by Crippen LogP contribution is -2.51. The van der Waals surface area contributed by atoms with Crippen LogP contribution in [0.15, 0.2) is 42.5 Å². The Kier molecular flexibility index (Phi) is 6.64. The molecule has 1 aromatic heterocycles. The fourth-order valence-electron chi connectivity index (χ4n) is 6.81. The number of nitrogens with zero attached hydrogens (tertiary/aromatic N) is 2. The second-order valence-corrected chi connectivity index (χ2v) is 11.0. The monoisotopic (exact) mass is 516 g/mol. The molecule has 3 heterocycles. The Morgan fingerprint density at radius 2 is 1.66 bits per heavy atom. The van der Waals surface area contributed by atoms with Gasteiger partial charge in [0.05, 0.1) is 30.5 Å². The molecule has 2 fully saturated rings. The first-order chi connectivity index (χ1) is 18.5. The van der Waals surface area contributed by atoms with E-state index in [4.69, 9.17) is 14.2 Å². The Morgan fingerprint density at radius 1 is 0.947 bits per heavy atom. The molecule has 3 atom stereocenters. The molecule has 1 unspecified atom stereocenters. The van der Waals surface area contributed by atoms with E-state index in [9.17, 15) is 9.59 Å². The van der Waals surface area contributed by atoms with Crippen LogP contribution in [-0.2, 0) is 14.3 Å². The van der Waals surface area contributed by atoms with E-state index in [0.717, 1.165) is 35.0 Å². The van der Waals surface area contributed by atoms with Crippen molar-refractivity contribution in [1.82, 2.24) is 9.47 Å².